The smallest absolute Gasteiger partial charge is 0.326 e. The van der Waals surface area contributed by atoms with Crippen molar-refractivity contribution in [2.24, 2.45) is 11.5 Å². The molecule has 0 radical (unpaired) electrons. The van der Waals surface area contributed by atoms with Gasteiger partial charge in [-0.1, -0.05) is 30.3 Å². The first-order chi connectivity index (χ1) is 20.1. The lowest BCUT2D eigenvalue weighted by atomic mass is 9.93. The van der Waals surface area contributed by atoms with Crippen LogP contribution < -0.4 is 27.4 Å². The van der Waals surface area contributed by atoms with Crippen LogP contribution in [0.3, 0.4) is 0 Å². The number of primary amides is 1. The lowest BCUT2D eigenvalue weighted by molar-refractivity contribution is -0.147. The van der Waals surface area contributed by atoms with Gasteiger partial charge in [0.2, 0.25) is 23.6 Å². The molecule has 13 heteroatoms. The van der Waals surface area contributed by atoms with Crippen LogP contribution in [0.25, 0.3) is 0 Å². The van der Waals surface area contributed by atoms with E-state index in [2.05, 4.69) is 16.0 Å². The maximum atomic E-state index is 14.0. The van der Waals surface area contributed by atoms with E-state index in [9.17, 15) is 29.1 Å². The first kappa shape index (κ1) is 34.7. The molecule has 1 saturated heterocycles. The second-order valence-corrected chi connectivity index (χ2v) is 10.6. The highest BCUT2D eigenvalue weighted by molar-refractivity contribution is 5.91. The third-order valence-electron chi connectivity index (χ3n) is 7.52. The number of piperidine rings is 1. The average Bonchev–Trinajstić information content (AvgIpc) is 2.97. The van der Waals surface area contributed by atoms with E-state index in [0.717, 1.165) is 5.56 Å². The zero-order chi connectivity index (χ0) is 31.1. The molecule has 1 aromatic rings. The first-order valence-electron chi connectivity index (χ1n) is 14.5. The number of nitrogens with zero attached hydrogens (tertiary/aromatic N) is 1. The fourth-order valence-electron chi connectivity index (χ4n) is 5.20. The molecule has 0 spiro atoms. The van der Waals surface area contributed by atoms with Gasteiger partial charge in [-0.15, -0.1) is 0 Å². The molecule has 0 aromatic heterocycles. The number of carbonyl (C=O) groups excluding carboxylic acids is 4. The van der Waals surface area contributed by atoms with Crippen LogP contribution in [0.1, 0.15) is 56.9 Å². The van der Waals surface area contributed by atoms with Crippen LogP contribution >= 0.6 is 0 Å². The molecule has 0 bridgehead atoms. The quantitative estimate of drug-likeness (QED) is 0.124. The second kappa shape index (κ2) is 18.1. The Morgan fingerprint density at radius 2 is 1.76 bits per heavy atom. The lowest BCUT2D eigenvalue weighted by Crippen LogP contribution is -2.60. The number of hydrogen-bond acceptors (Lipinski definition) is 8. The minimum atomic E-state index is -1.30. The van der Waals surface area contributed by atoms with E-state index in [1.165, 1.54) is 7.11 Å². The van der Waals surface area contributed by atoms with Gasteiger partial charge in [0.05, 0.1) is 18.2 Å². The van der Waals surface area contributed by atoms with Crippen LogP contribution in [0, 0.1) is 0 Å². The van der Waals surface area contributed by atoms with E-state index in [1.807, 2.05) is 30.3 Å². The molecule has 2 rings (SSSR count). The summed E-state index contributed by atoms with van der Waals surface area (Å²) in [5, 5.41) is 17.9. The number of benzene rings is 1. The number of methoxy groups -OCH3 is 1. The molecule has 1 heterocycles. The third kappa shape index (κ3) is 11.0. The summed E-state index contributed by atoms with van der Waals surface area (Å²) in [4.78, 5) is 64.6. The molecule has 0 saturated carbocycles. The zero-order valence-corrected chi connectivity index (χ0v) is 24.6. The second-order valence-electron chi connectivity index (χ2n) is 10.6. The predicted molar refractivity (Wildman–Crippen MR) is 156 cm³/mol. The average molecular weight is 591 g/mol. The van der Waals surface area contributed by atoms with Gasteiger partial charge in [-0.3, -0.25) is 19.2 Å². The van der Waals surface area contributed by atoms with Crippen molar-refractivity contribution in [2.75, 3.05) is 27.2 Å². The fraction of sp³-hybridized carbons (Fsp3) is 0.621. The highest BCUT2D eigenvalue weighted by atomic mass is 16.5. The molecule has 1 aliphatic rings. The molecule has 1 aliphatic heterocycles. The molecular formula is C29H46N6O7. The van der Waals surface area contributed by atoms with Crippen molar-refractivity contribution in [1.29, 1.82) is 0 Å². The molecule has 42 heavy (non-hydrogen) atoms. The summed E-state index contributed by atoms with van der Waals surface area (Å²) in [7, 11) is 3.19. The summed E-state index contributed by atoms with van der Waals surface area (Å²) in [6, 6.07) is 6.15. The SMILES string of the molecule is CN[C@H](Cc1ccccc1)C(=O)N[C@@H](CCCCN)C(=O)N1CCC[C@H](OC)[C@@H]1CC(=O)N[C@@H](CCC(N)=O)C(=O)O. The largest absolute Gasteiger partial charge is 0.480 e. The van der Waals surface area contributed by atoms with Crippen molar-refractivity contribution < 1.29 is 33.8 Å². The Morgan fingerprint density at radius 3 is 2.36 bits per heavy atom. The van der Waals surface area contributed by atoms with E-state index in [1.54, 1.807) is 11.9 Å². The van der Waals surface area contributed by atoms with Gasteiger partial charge in [-0.05, 0) is 64.1 Å². The molecular weight excluding hydrogens is 544 g/mol. The summed E-state index contributed by atoms with van der Waals surface area (Å²) in [5.41, 5.74) is 11.8. The Morgan fingerprint density at radius 1 is 1.05 bits per heavy atom. The minimum Gasteiger partial charge on any atom is -0.480 e. The summed E-state index contributed by atoms with van der Waals surface area (Å²) < 4.78 is 5.63. The van der Waals surface area contributed by atoms with Crippen molar-refractivity contribution in [3.63, 3.8) is 0 Å². The highest BCUT2D eigenvalue weighted by Crippen LogP contribution is 2.25. The van der Waals surface area contributed by atoms with Crippen molar-refractivity contribution in [1.82, 2.24) is 20.9 Å². The van der Waals surface area contributed by atoms with Crippen LogP contribution in [-0.2, 0) is 35.1 Å². The summed E-state index contributed by atoms with van der Waals surface area (Å²) in [6.07, 6.45) is 2.30. The maximum Gasteiger partial charge on any atom is 0.326 e. The highest BCUT2D eigenvalue weighted by Gasteiger charge is 2.39. The first-order valence-corrected chi connectivity index (χ1v) is 14.5. The van der Waals surface area contributed by atoms with Gasteiger partial charge in [0.1, 0.15) is 12.1 Å². The lowest BCUT2D eigenvalue weighted by Gasteiger charge is -2.42. The number of likely N-dealkylation sites (tertiary alicyclic amines) is 1. The summed E-state index contributed by atoms with van der Waals surface area (Å²) in [6.45, 7) is 0.796. The monoisotopic (exact) mass is 590 g/mol. The number of ether oxygens (including phenoxy) is 1. The number of unbranched alkanes of at least 4 members (excludes halogenated alkanes) is 1. The van der Waals surface area contributed by atoms with Crippen molar-refractivity contribution >= 4 is 29.6 Å². The van der Waals surface area contributed by atoms with Crippen LogP contribution in [0.5, 0.6) is 0 Å². The van der Waals surface area contributed by atoms with Gasteiger partial charge >= 0.3 is 5.97 Å². The summed E-state index contributed by atoms with van der Waals surface area (Å²) >= 11 is 0. The molecule has 13 nitrogen and oxygen atoms in total. The molecule has 4 amide bonds. The number of amides is 4. The molecule has 234 valence electrons. The minimum absolute atomic E-state index is 0.151. The van der Waals surface area contributed by atoms with Gasteiger partial charge < -0.3 is 42.2 Å². The normalized spacial score (nSPS) is 18.9. The Balaban J connectivity index is 2.22. The number of rotatable bonds is 18. The van der Waals surface area contributed by atoms with Crippen LogP contribution in [0.2, 0.25) is 0 Å². The fourth-order valence-corrected chi connectivity index (χ4v) is 5.20. The Kier molecular flexibility index (Phi) is 14.9. The van der Waals surface area contributed by atoms with Crippen LogP contribution in [0.15, 0.2) is 30.3 Å². The maximum absolute atomic E-state index is 14.0. The molecule has 5 atom stereocenters. The number of likely N-dealkylation sites (N-methyl/N-ethyl adjacent to an activating group) is 1. The number of carboxylic acids is 1. The number of carboxylic acid groups (broad SMARTS) is 1. The van der Waals surface area contributed by atoms with Crippen molar-refractivity contribution in [3.05, 3.63) is 35.9 Å². The van der Waals surface area contributed by atoms with E-state index in [-0.39, 0.29) is 31.1 Å². The van der Waals surface area contributed by atoms with Crippen LogP contribution in [0.4, 0.5) is 0 Å². The zero-order valence-electron chi connectivity index (χ0n) is 24.6. The van der Waals surface area contributed by atoms with Gasteiger partial charge in [-0.2, -0.15) is 0 Å². The Labute approximate surface area is 247 Å². The van der Waals surface area contributed by atoms with Crippen molar-refractivity contribution in [2.45, 2.75) is 88.1 Å². The van der Waals surface area contributed by atoms with E-state index in [0.29, 0.717) is 51.6 Å². The van der Waals surface area contributed by atoms with Gasteiger partial charge in [-0.25, -0.2) is 4.79 Å². The molecule has 8 N–H and O–H groups in total. The van der Waals surface area contributed by atoms with Gasteiger partial charge in [0, 0.05) is 26.5 Å². The van der Waals surface area contributed by atoms with Gasteiger partial charge in [0.15, 0.2) is 0 Å². The predicted octanol–water partition coefficient (Wildman–Crippen LogP) is -0.338. The summed E-state index contributed by atoms with van der Waals surface area (Å²) in [5.74, 6) is -3.22. The van der Waals surface area contributed by atoms with Crippen molar-refractivity contribution in [3.8, 4) is 0 Å². The third-order valence-corrected chi connectivity index (χ3v) is 7.52. The van der Waals surface area contributed by atoms with Gasteiger partial charge in [0.25, 0.3) is 0 Å². The van der Waals surface area contributed by atoms with E-state index < -0.39 is 48.1 Å². The molecule has 1 fully saturated rings. The Hall–Kier alpha value is -3.55. The van der Waals surface area contributed by atoms with Crippen LogP contribution in [-0.4, -0.2) is 97.1 Å². The number of carbonyl (C=O) groups is 5. The number of nitrogens with one attached hydrogen (secondary N) is 3. The van der Waals surface area contributed by atoms with E-state index in [4.69, 9.17) is 16.2 Å². The molecule has 0 unspecified atom stereocenters. The number of nitrogens with two attached hydrogens (primary N) is 2. The standard InChI is InChI=1S/C29H46N6O7/c1-32-22(17-19-9-4-3-5-10-19)27(38)34-20(11-6-7-15-30)28(39)35-16-8-12-24(42-2)23(35)18-26(37)33-21(29(40)41)13-14-25(31)36/h3-5,9-10,20-24,32H,6-8,11-18,30H2,1-2H3,(H2,31,36)(H,33,37)(H,34,38)(H,40,41)/t20-,21-,22+,23-,24-/m0/s1. The Bertz CT molecular complexity index is 1040. The topological polar surface area (TPSA) is 206 Å². The number of hydrogen-bond donors (Lipinski definition) is 6. The number of aliphatic carboxylic acids is 1. The van der Waals surface area contributed by atoms with E-state index >= 15 is 0 Å². The molecule has 0 aliphatic carbocycles. The molecule has 1 aromatic carbocycles.